The molecule has 9 heteroatoms. The zero-order chi connectivity index (χ0) is 20.4. The van der Waals surface area contributed by atoms with Crippen molar-refractivity contribution in [3.8, 4) is 0 Å². The third kappa shape index (κ3) is 7.84. The monoisotopic (exact) mass is 423 g/mol. The molecule has 7 nitrogen and oxygen atoms in total. The second-order valence-electron chi connectivity index (χ2n) is 6.14. The van der Waals surface area contributed by atoms with Crippen molar-refractivity contribution >= 4 is 27.6 Å². The highest BCUT2D eigenvalue weighted by molar-refractivity contribution is 7.88. The van der Waals surface area contributed by atoms with E-state index in [-0.39, 0.29) is 5.75 Å². The van der Waals surface area contributed by atoms with Gasteiger partial charge in [0.15, 0.2) is 5.96 Å². The van der Waals surface area contributed by atoms with Crippen LogP contribution in [0.15, 0.2) is 47.6 Å². The SMILES string of the molecule is CCNC(=NCc1ccc(CS(=O)(=O)NC)cc1)NCCc1ccc(Cl)nc1. The molecular formula is C19H26ClN5O2S. The summed E-state index contributed by atoms with van der Waals surface area (Å²) in [4.78, 5) is 8.65. The molecule has 28 heavy (non-hydrogen) atoms. The highest BCUT2D eigenvalue weighted by Crippen LogP contribution is 2.09. The van der Waals surface area contributed by atoms with E-state index in [1.807, 2.05) is 37.3 Å². The number of benzene rings is 1. The Bertz CT molecular complexity index is 868. The van der Waals surface area contributed by atoms with Gasteiger partial charge in [-0.3, -0.25) is 0 Å². The van der Waals surface area contributed by atoms with Crippen LogP contribution in [0.3, 0.4) is 0 Å². The Hall–Kier alpha value is -2.16. The van der Waals surface area contributed by atoms with Crippen LogP contribution in [0.5, 0.6) is 0 Å². The van der Waals surface area contributed by atoms with Gasteiger partial charge in [0.2, 0.25) is 10.0 Å². The van der Waals surface area contributed by atoms with E-state index >= 15 is 0 Å². The van der Waals surface area contributed by atoms with Crippen molar-refractivity contribution in [2.24, 2.45) is 4.99 Å². The molecular weight excluding hydrogens is 398 g/mol. The minimum absolute atomic E-state index is 0.0310. The van der Waals surface area contributed by atoms with E-state index < -0.39 is 10.0 Å². The molecule has 0 atom stereocenters. The number of hydrogen-bond donors (Lipinski definition) is 3. The van der Waals surface area contributed by atoms with Gasteiger partial charge in [0.25, 0.3) is 0 Å². The van der Waals surface area contributed by atoms with Crippen LogP contribution < -0.4 is 15.4 Å². The molecule has 0 amide bonds. The molecule has 0 fully saturated rings. The third-order valence-electron chi connectivity index (χ3n) is 3.95. The number of nitrogens with zero attached hydrogens (tertiary/aromatic N) is 2. The lowest BCUT2D eigenvalue weighted by Gasteiger charge is -2.11. The van der Waals surface area contributed by atoms with Crippen LogP contribution in [0.2, 0.25) is 5.15 Å². The maximum Gasteiger partial charge on any atom is 0.215 e. The normalized spacial score (nSPS) is 12.0. The van der Waals surface area contributed by atoms with Crippen molar-refractivity contribution in [3.63, 3.8) is 0 Å². The molecule has 0 unspecified atom stereocenters. The standard InChI is InChI=1S/C19H26ClN5O2S/c1-3-22-19(23-11-10-16-8-9-18(20)24-12-16)25-13-15-4-6-17(7-5-15)14-28(26,27)21-2/h4-9,12,21H,3,10-11,13-14H2,1-2H3,(H2,22,23,25). The van der Waals surface area contributed by atoms with E-state index in [2.05, 4.69) is 25.3 Å². The van der Waals surface area contributed by atoms with E-state index in [9.17, 15) is 8.42 Å². The van der Waals surface area contributed by atoms with E-state index in [0.29, 0.717) is 11.7 Å². The summed E-state index contributed by atoms with van der Waals surface area (Å²) in [5, 5.41) is 6.99. The molecule has 2 aromatic rings. The Labute approximate surface area is 171 Å². The third-order valence-corrected chi connectivity index (χ3v) is 5.51. The summed E-state index contributed by atoms with van der Waals surface area (Å²) in [5.74, 6) is 0.697. The van der Waals surface area contributed by atoms with Crippen molar-refractivity contribution in [2.75, 3.05) is 20.1 Å². The number of guanidine groups is 1. The number of aromatic nitrogens is 1. The fourth-order valence-electron chi connectivity index (χ4n) is 2.42. The van der Waals surface area contributed by atoms with Crippen LogP contribution in [-0.2, 0) is 28.7 Å². The van der Waals surface area contributed by atoms with Gasteiger partial charge in [-0.05, 0) is 43.1 Å². The molecule has 0 aliphatic carbocycles. The summed E-state index contributed by atoms with van der Waals surface area (Å²) in [6.45, 7) is 3.99. The summed E-state index contributed by atoms with van der Waals surface area (Å²) in [6, 6.07) is 11.2. The van der Waals surface area contributed by atoms with Gasteiger partial charge in [0.1, 0.15) is 5.15 Å². The first-order valence-electron chi connectivity index (χ1n) is 9.03. The van der Waals surface area contributed by atoms with Crippen LogP contribution in [0.25, 0.3) is 0 Å². The van der Waals surface area contributed by atoms with Gasteiger partial charge in [0.05, 0.1) is 12.3 Å². The molecule has 0 saturated carbocycles. The molecule has 0 saturated heterocycles. The molecule has 0 aliphatic rings. The molecule has 1 aromatic carbocycles. The average Bonchev–Trinajstić information content (AvgIpc) is 2.68. The zero-order valence-electron chi connectivity index (χ0n) is 16.1. The summed E-state index contributed by atoms with van der Waals surface area (Å²) >= 11 is 5.80. The molecule has 2 rings (SSSR count). The fourth-order valence-corrected chi connectivity index (χ4v) is 3.31. The van der Waals surface area contributed by atoms with Gasteiger partial charge in [-0.15, -0.1) is 0 Å². The molecule has 0 spiro atoms. The number of nitrogens with one attached hydrogen (secondary N) is 3. The highest BCUT2D eigenvalue weighted by Gasteiger charge is 2.08. The van der Waals surface area contributed by atoms with Gasteiger partial charge in [-0.1, -0.05) is 41.9 Å². The smallest absolute Gasteiger partial charge is 0.215 e. The second-order valence-corrected chi connectivity index (χ2v) is 8.45. The van der Waals surface area contributed by atoms with E-state index in [4.69, 9.17) is 11.6 Å². The second kappa shape index (κ2) is 11.0. The first kappa shape index (κ1) is 22.1. The lowest BCUT2D eigenvalue weighted by Crippen LogP contribution is -2.38. The van der Waals surface area contributed by atoms with Gasteiger partial charge in [-0.25, -0.2) is 23.1 Å². The molecule has 0 radical (unpaired) electrons. The molecule has 0 aliphatic heterocycles. The Kier molecular flexibility index (Phi) is 8.69. The molecule has 0 bridgehead atoms. The van der Waals surface area contributed by atoms with Crippen LogP contribution >= 0.6 is 11.6 Å². The number of halogens is 1. The number of hydrogen-bond acceptors (Lipinski definition) is 4. The lowest BCUT2D eigenvalue weighted by molar-refractivity contribution is 0.587. The molecule has 152 valence electrons. The molecule has 1 aromatic heterocycles. The molecule has 1 heterocycles. The number of rotatable bonds is 9. The maximum atomic E-state index is 11.6. The zero-order valence-corrected chi connectivity index (χ0v) is 17.6. The van der Waals surface area contributed by atoms with Crippen molar-refractivity contribution in [1.82, 2.24) is 20.3 Å². The summed E-state index contributed by atoms with van der Waals surface area (Å²) < 4.78 is 25.5. The molecule has 3 N–H and O–H groups in total. The Morgan fingerprint density at radius 3 is 2.36 bits per heavy atom. The number of aliphatic imine (C=N–C) groups is 1. The first-order valence-corrected chi connectivity index (χ1v) is 11.1. The first-order chi connectivity index (χ1) is 13.4. The predicted octanol–water partition coefficient (Wildman–Crippen LogP) is 2.08. The largest absolute Gasteiger partial charge is 0.357 e. The van der Waals surface area contributed by atoms with Crippen molar-refractivity contribution in [1.29, 1.82) is 0 Å². The van der Waals surface area contributed by atoms with Gasteiger partial charge < -0.3 is 10.6 Å². The van der Waals surface area contributed by atoms with Crippen molar-refractivity contribution in [3.05, 3.63) is 64.4 Å². The van der Waals surface area contributed by atoms with Crippen LogP contribution in [0.4, 0.5) is 0 Å². The quantitative estimate of drug-likeness (QED) is 0.326. The summed E-state index contributed by atoms with van der Waals surface area (Å²) in [7, 11) is -1.85. The van der Waals surface area contributed by atoms with Gasteiger partial charge >= 0.3 is 0 Å². The summed E-state index contributed by atoms with van der Waals surface area (Å²) in [6.07, 6.45) is 2.58. The Morgan fingerprint density at radius 2 is 1.75 bits per heavy atom. The highest BCUT2D eigenvalue weighted by atomic mass is 35.5. The van der Waals surface area contributed by atoms with Crippen LogP contribution in [-0.4, -0.2) is 39.5 Å². The minimum atomic E-state index is -3.26. The topological polar surface area (TPSA) is 95.5 Å². The van der Waals surface area contributed by atoms with Crippen LogP contribution in [0.1, 0.15) is 23.6 Å². The number of pyridine rings is 1. The minimum Gasteiger partial charge on any atom is -0.357 e. The lowest BCUT2D eigenvalue weighted by atomic mass is 10.1. The number of sulfonamides is 1. The van der Waals surface area contributed by atoms with Crippen LogP contribution in [0, 0.1) is 0 Å². The van der Waals surface area contributed by atoms with Gasteiger partial charge in [-0.2, -0.15) is 0 Å². The maximum absolute atomic E-state index is 11.6. The fraction of sp³-hybridized carbons (Fsp3) is 0.368. The van der Waals surface area contributed by atoms with Crippen molar-refractivity contribution in [2.45, 2.75) is 25.6 Å². The Balaban J connectivity index is 1.89. The summed E-state index contributed by atoms with van der Waals surface area (Å²) in [5.41, 5.74) is 2.84. The van der Waals surface area contributed by atoms with E-state index in [1.54, 1.807) is 12.3 Å². The van der Waals surface area contributed by atoms with E-state index in [1.165, 1.54) is 7.05 Å². The van der Waals surface area contributed by atoms with E-state index in [0.717, 1.165) is 42.2 Å². The average molecular weight is 424 g/mol. The predicted molar refractivity (Wildman–Crippen MR) is 114 cm³/mol. The van der Waals surface area contributed by atoms with Crippen molar-refractivity contribution < 1.29 is 8.42 Å². The van der Waals surface area contributed by atoms with Gasteiger partial charge in [0, 0.05) is 19.3 Å². The Morgan fingerprint density at radius 1 is 1.07 bits per heavy atom.